The summed E-state index contributed by atoms with van der Waals surface area (Å²) in [7, 11) is 1.60. The Balaban J connectivity index is 2.35. The van der Waals surface area contributed by atoms with Crippen molar-refractivity contribution in [3.63, 3.8) is 0 Å². The molecule has 1 heterocycles. The van der Waals surface area contributed by atoms with Gasteiger partial charge in [-0.15, -0.1) is 0 Å². The lowest BCUT2D eigenvalue weighted by atomic mass is 10.1. The molecule has 1 aromatic heterocycles. The number of hydrogen-bond donors (Lipinski definition) is 2. The van der Waals surface area contributed by atoms with Crippen LogP contribution in [-0.4, -0.2) is 31.2 Å². The molecule has 0 spiro atoms. The van der Waals surface area contributed by atoms with Gasteiger partial charge in [-0.3, -0.25) is 4.79 Å². The molecule has 2 aromatic rings. The number of fused-ring (bicyclic) bond motifs is 1. The number of methoxy groups -OCH3 is 1. The van der Waals surface area contributed by atoms with Gasteiger partial charge in [-0.25, -0.2) is 0 Å². The number of carbonyl (C=O) groups is 1. The molecular weight excluding hydrogens is 252 g/mol. The number of nitrogens with one attached hydrogen (secondary N) is 2. The third-order valence-corrected chi connectivity index (χ3v) is 3.10. The van der Waals surface area contributed by atoms with E-state index in [1.54, 1.807) is 13.2 Å². The first-order valence-electron chi connectivity index (χ1n) is 5.69. The third-order valence-electron chi connectivity index (χ3n) is 2.79. The quantitative estimate of drug-likeness (QED) is 0.836. The topological polar surface area (TPSA) is 54.1 Å². The van der Waals surface area contributed by atoms with Crippen LogP contribution in [0.5, 0.6) is 0 Å². The van der Waals surface area contributed by atoms with Gasteiger partial charge in [-0.05, 0) is 13.0 Å². The number of ether oxygens (including phenoxy) is 1. The van der Waals surface area contributed by atoms with E-state index in [1.165, 1.54) is 0 Å². The average molecular weight is 267 g/mol. The van der Waals surface area contributed by atoms with E-state index in [0.717, 1.165) is 16.6 Å². The summed E-state index contributed by atoms with van der Waals surface area (Å²) in [5.41, 5.74) is 2.25. The number of H-pyrrole nitrogens is 1. The molecule has 0 atom stereocenters. The fourth-order valence-electron chi connectivity index (χ4n) is 1.96. The zero-order valence-electron chi connectivity index (χ0n) is 10.3. The van der Waals surface area contributed by atoms with Crippen molar-refractivity contribution in [2.24, 2.45) is 0 Å². The van der Waals surface area contributed by atoms with Crippen LogP contribution in [0.1, 0.15) is 16.1 Å². The predicted molar refractivity (Wildman–Crippen MR) is 72.3 cm³/mol. The number of aromatic amines is 1. The molecule has 0 unspecified atom stereocenters. The molecule has 0 aliphatic heterocycles. The Labute approximate surface area is 110 Å². The molecule has 1 amide bonds. The molecule has 0 saturated carbocycles. The number of aryl methyl sites for hydroxylation is 1. The van der Waals surface area contributed by atoms with Gasteiger partial charge in [0.15, 0.2) is 0 Å². The van der Waals surface area contributed by atoms with Crippen molar-refractivity contribution in [3.05, 3.63) is 34.5 Å². The number of para-hydroxylation sites is 1. The van der Waals surface area contributed by atoms with Crippen LogP contribution in [0, 0.1) is 6.92 Å². The summed E-state index contributed by atoms with van der Waals surface area (Å²) < 4.78 is 4.90. The number of halogens is 1. The summed E-state index contributed by atoms with van der Waals surface area (Å²) in [5.74, 6) is -0.113. The second kappa shape index (κ2) is 5.42. The van der Waals surface area contributed by atoms with Crippen molar-refractivity contribution in [1.82, 2.24) is 10.3 Å². The number of aromatic nitrogens is 1. The molecular formula is C13H15ClN2O2. The summed E-state index contributed by atoms with van der Waals surface area (Å²) in [4.78, 5) is 15.2. The molecule has 96 valence electrons. The Morgan fingerprint density at radius 2 is 2.28 bits per heavy atom. The monoisotopic (exact) mass is 266 g/mol. The molecule has 2 rings (SSSR count). The zero-order valence-corrected chi connectivity index (χ0v) is 11.1. The van der Waals surface area contributed by atoms with Crippen molar-refractivity contribution >= 4 is 28.4 Å². The van der Waals surface area contributed by atoms with Crippen LogP contribution < -0.4 is 5.32 Å². The van der Waals surface area contributed by atoms with E-state index in [9.17, 15) is 4.79 Å². The molecule has 0 aliphatic rings. The van der Waals surface area contributed by atoms with E-state index in [2.05, 4.69) is 10.3 Å². The van der Waals surface area contributed by atoms with Gasteiger partial charge in [-0.1, -0.05) is 23.7 Å². The molecule has 5 heteroatoms. The second-order valence-corrected chi connectivity index (χ2v) is 4.44. The van der Waals surface area contributed by atoms with Crippen LogP contribution in [0.15, 0.2) is 18.2 Å². The lowest BCUT2D eigenvalue weighted by molar-refractivity contribution is 0.0938. The number of hydrogen-bond acceptors (Lipinski definition) is 2. The van der Waals surface area contributed by atoms with E-state index in [0.29, 0.717) is 23.7 Å². The van der Waals surface area contributed by atoms with Crippen LogP contribution in [0.4, 0.5) is 0 Å². The number of carbonyl (C=O) groups excluding carboxylic acids is 1. The van der Waals surface area contributed by atoms with Gasteiger partial charge in [0.05, 0.1) is 22.7 Å². The van der Waals surface area contributed by atoms with Crippen LogP contribution in [0.3, 0.4) is 0 Å². The minimum Gasteiger partial charge on any atom is -0.383 e. The maximum Gasteiger partial charge on any atom is 0.253 e. The SMILES string of the molecule is COCCNC(=O)c1c(C)[nH]c2c(Cl)cccc12. The minimum atomic E-state index is -0.113. The smallest absolute Gasteiger partial charge is 0.253 e. The first kappa shape index (κ1) is 12.9. The van der Waals surface area contributed by atoms with E-state index in [-0.39, 0.29) is 5.91 Å². The number of rotatable bonds is 4. The standard InChI is InChI=1S/C13H15ClN2O2/c1-8-11(13(17)15-6-7-18-2)9-4-3-5-10(14)12(9)16-8/h3-5,16H,6-7H2,1-2H3,(H,15,17). The Bertz CT molecular complexity index is 578. The lowest BCUT2D eigenvalue weighted by Crippen LogP contribution is -2.27. The maximum atomic E-state index is 12.1. The van der Waals surface area contributed by atoms with Crippen LogP contribution >= 0.6 is 11.6 Å². The van der Waals surface area contributed by atoms with Gasteiger partial charge >= 0.3 is 0 Å². The zero-order chi connectivity index (χ0) is 13.1. The first-order valence-corrected chi connectivity index (χ1v) is 6.07. The summed E-state index contributed by atoms with van der Waals surface area (Å²) in [6, 6.07) is 5.52. The molecule has 0 fully saturated rings. The van der Waals surface area contributed by atoms with Crippen molar-refractivity contribution in [2.45, 2.75) is 6.92 Å². The summed E-state index contributed by atoms with van der Waals surface area (Å²) in [6.45, 7) is 2.84. The van der Waals surface area contributed by atoms with E-state index in [4.69, 9.17) is 16.3 Å². The molecule has 0 saturated heterocycles. The van der Waals surface area contributed by atoms with Gasteiger partial charge < -0.3 is 15.0 Å². The number of amides is 1. The number of benzene rings is 1. The normalized spacial score (nSPS) is 10.8. The highest BCUT2D eigenvalue weighted by atomic mass is 35.5. The van der Waals surface area contributed by atoms with Gasteiger partial charge in [0.2, 0.25) is 0 Å². The Kier molecular flexibility index (Phi) is 3.89. The largest absolute Gasteiger partial charge is 0.383 e. The van der Waals surface area contributed by atoms with Crippen molar-refractivity contribution in [1.29, 1.82) is 0 Å². The molecule has 1 aromatic carbocycles. The second-order valence-electron chi connectivity index (χ2n) is 4.04. The van der Waals surface area contributed by atoms with Crippen molar-refractivity contribution in [2.75, 3.05) is 20.3 Å². The van der Waals surface area contributed by atoms with Crippen molar-refractivity contribution in [3.8, 4) is 0 Å². The Morgan fingerprint density at radius 1 is 1.50 bits per heavy atom. The fourth-order valence-corrected chi connectivity index (χ4v) is 2.18. The highest BCUT2D eigenvalue weighted by Gasteiger charge is 2.16. The van der Waals surface area contributed by atoms with Gasteiger partial charge in [0.1, 0.15) is 0 Å². The van der Waals surface area contributed by atoms with Crippen LogP contribution in [-0.2, 0) is 4.74 Å². The van der Waals surface area contributed by atoms with Crippen LogP contribution in [0.25, 0.3) is 10.9 Å². The predicted octanol–water partition coefficient (Wildman–Crippen LogP) is 2.51. The minimum absolute atomic E-state index is 0.113. The highest BCUT2D eigenvalue weighted by Crippen LogP contribution is 2.27. The highest BCUT2D eigenvalue weighted by molar-refractivity contribution is 6.35. The van der Waals surface area contributed by atoms with Crippen molar-refractivity contribution < 1.29 is 9.53 Å². The Hall–Kier alpha value is -1.52. The molecule has 18 heavy (non-hydrogen) atoms. The summed E-state index contributed by atoms with van der Waals surface area (Å²) in [5, 5.41) is 4.27. The van der Waals surface area contributed by atoms with Gasteiger partial charge in [0.25, 0.3) is 5.91 Å². The summed E-state index contributed by atoms with van der Waals surface area (Å²) >= 11 is 6.09. The third kappa shape index (κ3) is 2.35. The van der Waals surface area contributed by atoms with Gasteiger partial charge in [-0.2, -0.15) is 0 Å². The molecule has 0 radical (unpaired) electrons. The van der Waals surface area contributed by atoms with E-state index in [1.807, 2.05) is 19.1 Å². The van der Waals surface area contributed by atoms with Gasteiger partial charge in [0, 0.05) is 24.7 Å². The average Bonchev–Trinajstić information content (AvgIpc) is 2.67. The molecule has 4 nitrogen and oxygen atoms in total. The lowest BCUT2D eigenvalue weighted by Gasteiger charge is -2.04. The van der Waals surface area contributed by atoms with E-state index < -0.39 is 0 Å². The maximum absolute atomic E-state index is 12.1. The molecule has 2 N–H and O–H groups in total. The fraction of sp³-hybridized carbons (Fsp3) is 0.308. The van der Waals surface area contributed by atoms with Crippen LogP contribution in [0.2, 0.25) is 5.02 Å². The Morgan fingerprint density at radius 3 is 3.00 bits per heavy atom. The summed E-state index contributed by atoms with van der Waals surface area (Å²) in [6.07, 6.45) is 0. The molecule has 0 aliphatic carbocycles. The molecule has 0 bridgehead atoms. The van der Waals surface area contributed by atoms with E-state index >= 15 is 0 Å². The first-order chi connectivity index (χ1) is 8.65.